The maximum atomic E-state index is 13.0. The second kappa shape index (κ2) is 6.19. The Hall–Kier alpha value is -2.49. The highest BCUT2D eigenvalue weighted by molar-refractivity contribution is 5.80. The number of aromatic nitrogens is 4. The average molecular weight is 340 g/mol. The molecule has 1 saturated heterocycles. The first-order chi connectivity index (χ1) is 11.4. The summed E-state index contributed by atoms with van der Waals surface area (Å²) in [4.78, 5) is 13.3. The summed E-state index contributed by atoms with van der Waals surface area (Å²) in [5, 5.41) is 10.7. The molecule has 1 aromatic carbocycles. The van der Waals surface area contributed by atoms with Crippen LogP contribution < -0.4 is 5.73 Å². The van der Waals surface area contributed by atoms with Crippen molar-refractivity contribution in [2.24, 2.45) is 5.73 Å². The van der Waals surface area contributed by atoms with Gasteiger partial charge in [0.1, 0.15) is 6.33 Å². The first-order valence-corrected chi connectivity index (χ1v) is 7.33. The number of hydrogen-bond acceptors (Lipinski definition) is 5. The highest BCUT2D eigenvalue weighted by Gasteiger charge is 2.33. The van der Waals surface area contributed by atoms with Crippen LogP contribution in [0.25, 0.3) is 5.69 Å². The van der Waals surface area contributed by atoms with Crippen LogP contribution >= 0.6 is 0 Å². The Kier molecular flexibility index (Phi) is 4.22. The summed E-state index contributed by atoms with van der Waals surface area (Å²) in [6.45, 7) is 0.756. The molecule has 2 aromatic rings. The van der Waals surface area contributed by atoms with Crippen molar-refractivity contribution in [2.75, 3.05) is 6.54 Å². The molecule has 1 atom stereocenters. The molecule has 0 radical (unpaired) electrons. The molecule has 128 valence electrons. The van der Waals surface area contributed by atoms with Crippen molar-refractivity contribution >= 4 is 5.91 Å². The van der Waals surface area contributed by atoms with Gasteiger partial charge >= 0.3 is 6.18 Å². The van der Waals surface area contributed by atoms with Crippen molar-refractivity contribution in [3.05, 3.63) is 35.7 Å². The third kappa shape index (κ3) is 3.23. The van der Waals surface area contributed by atoms with E-state index >= 15 is 0 Å². The summed E-state index contributed by atoms with van der Waals surface area (Å²) in [5.41, 5.74) is 5.43. The molecule has 1 fully saturated rings. The fourth-order valence-corrected chi connectivity index (χ4v) is 2.94. The summed E-state index contributed by atoms with van der Waals surface area (Å²) in [6.07, 6.45) is -1.77. The lowest BCUT2D eigenvalue weighted by Crippen LogP contribution is -2.40. The molecule has 0 unspecified atom stereocenters. The summed E-state index contributed by atoms with van der Waals surface area (Å²) in [7, 11) is 0. The van der Waals surface area contributed by atoms with E-state index in [0.717, 1.165) is 18.6 Å². The zero-order valence-electron chi connectivity index (χ0n) is 12.6. The number of hydrogen-bond donors (Lipinski definition) is 1. The van der Waals surface area contributed by atoms with E-state index in [2.05, 4.69) is 15.5 Å². The first-order valence-electron chi connectivity index (χ1n) is 7.33. The minimum Gasteiger partial charge on any atom is -0.368 e. The third-order valence-corrected chi connectivity index (χ3v) is 4.07. The lowest BCUT2D eigenvalue weighted by Gasteiger charge is -2.23. The van der Waals surface area contributed by atoms with Gasteiger partial charge in [0, 0.05) is 6.54 Å². The summed E-state index contributed by atoms with van der Waals surface area (Å²) < 4.78 is 40.4. The van der Waals surface area contributed by atoms with E-state index in [0.29, 0.717) is 24.2 Å². The van der Waals surface area contributed by atoms with Gasteiger partial charge < -0.3 is 5.73 Å². The van der Waals surface area contributed by atoms with E-state index in [9.17, 15) is 18.0 Å². The van der Waals surface area contributed by atoms with Crippen molar-refractivity contribution in [3.8, 4) is 5.69 Å². The van der Waals surface area contributed by atoms with Crippen molar-refractivity contribution in [2.45, 2.75) is 31.6 Å². The van der Waals surface area contributed by atoms with Gasteiger partial charge in [0.25, 0.3) is 0 Å². The Labute approximate surface area is 135 Å². The number of carbonyl (C=O) groups excluding carboxylic acids is 1. The van der Waals surface area contributed by atoms with Gasteiger partial charge in [-0.05, 0) is 53.6 Å². The molecule has 0 bridgehead atoms. The Bertz CT molecular complexity index is 731. The molecule has 0 spiro atoms. The zero-order chi connectivity index (χ0) is 17.3. The lowest BCUT2D eigenvalue weighted by molar-refractivity contribution is -0.137. The van der Waals surface area contributed by atoms with Gasteiger partial charge in [0.05, 0.1) is 17.3 Å². The number of primary amides is 1. The molecular weight excluding hydrogens is 325 g/mol. The Morgan fingerprint density at radius 2 is 2.17 bits per heavy atom. The highest BCUT2D eigenvalue weighted by atomic mass is 19.4. The highest BCUT2D eigenvalue weighted by Crippen LogP contribution is 2.32. The van der Waals surface area contributed by atoms with E-state index in [1.807, 2.05) is 0 Å². The molecule has 1 amide bonds. The second-order valence-electron chi connectivity index (χ2n) is 5.63. The molecule has 7 nitrogen and oxygen atoms in total. The maximum absolute atomic E-state index is 13.0. The summed E-state index contributed by atoms with van der Waals surface area (Å²) >= 11 is 0. The molecule has 0 aliphatic carbocycles. The van der Waals surface area contributed by atoms with E-state index < -0.39 is 23.7 Å². The molecule has 1 aromatic heterocycles. The van der Waals surface area contributed by atoms with Crippen LogP contribution in [-0.4, -0.2) is 43.6 Å². The smallest absolute Gasteiger partial charge is 0.368 e. The standard InChI is InChI=1S/C14H15F3N6O/c15-14(16,17)10-3-4-11(23-8-19-20-21-23)9(6-10)7-22-5-1-2-12(22)13(18)24/h3-4,6,8,12H,1-2,5,7H2,(H2,18,24)/t12-/m0/s1. The number of alkyl halides is 3. The van der Waals surface area contributed by atoms with Gasteiger partial charge in [-0.25, -0.2) is 4.68 Å². The number of amides is 1. The lowest BCUT2D eigenvalue weighted by atomic mass is 10.1. The van der Waals surface area contributed by atoms with Crippen LogP contribution in [0, 0.1) is 0 Å². The monoisotopic (exact) mass is 340 g/mol. The van der Waals surface area contributed by atoms with Crippen molar-refractivity contribution in [1.82, 2.24) is 25.1 Å². The van der Waals surface area contributed by atoms with Crippen LogP contribution in [0.5, 0.6) is 0 Å². The fourth-order valence-electron chi connectivity index (χ4n) is 2.94. The Morgan fingerprint density at radius 3 is 2.79 bits per heavy atom. The number of nitrogens with zero attached hydrogens (tertiary/aromatic N) is 5. The number of nitrogens with two attached hydrogens (primary N) is 1. The molecule has 1 aliphatic rings. The number of likely N-dealkylation sites (tertiary alicyclic amines) is 1. The molecule has 3 rings (SSSR count). The van der Waals surface area contributed by atoms with E-state index in [1.54, 1.807) is 4.90 Å². The normalized spacial score (nSPS) is 18.9. The molecule has 2 N–H and O–H groups in total. The summed E-state index contributed by atoms with van der Waals surface area (Å²) in [5.74, 6) is -0.469. The SMILES string of the molecule is NC(=O)[C@@H]1CCCN1Cc1cc(C(F)(F)F)ccc1-n1cnnn1. The molecular formula is C14H15F3N6O. The van der Waals surface area contributed by atoms with E-state index in [-0.39, 0.29) is 6.54 Å². The zero-order valence-corrected chi connectivity index (χ0v) is 12.6. The Morgan fingerprint density at radius 1 is 1.38 bits per heavy atom. The van der Waals surface area contributed by atoms with Crippen LogP contribution in [-0.2, 0) is 17.5 Å². The van der Waals surface area contributed by atoms with Crippen molar-refractivity contribution in [1.29, 1.82) is 0 Å². The maximum Gasteiger partial charge on any atom is 0.416 e. The van der Waals surface area contributed by atoms with Crippen LogP contribution in [0.4, 0.5) is 13.2 Å². The van der Waals surface area contributed by atoms with Crippen LogP contribution in [0.1, 0.15) is 24.0 Å². The predicted molar refractivity (Wildman–Crippen MR) is 76.8 cm³/mol. The molecule has 2 heterocycles. The van der Waals surface area contributed by atoms with Crippen LogP contribution in [0.3, 0.4) is 0 Å². The summed E-state index contributed by atoms with van der Waals surface area (Å²) in [6, 6.07) is 2.90. The van der Waals surface area contributed by atoms with Gasteiger partial charge in [-0.3, -0.25) is 9.69 Å². The first kappa shape index (κ1) is 16.4. The number of carbonyl (C=O) groups is 1. The van der Waals surface area contributed by atoms with Crippen LogP contribution in [0.2, 0.25) is 0 Å². The van der Waals surface area contributed by atoms with Gasteiger partial charge in [-0.15, -0.1) is 5.10 Å². The minimum absolute atomic E-state index is 0.159. The van der Waals surface area contributed by atoms with Crippen molar-refractivity contribution in [3.63, 3.8) is 0 Å². The minimum atomic E-state index is -4.46. The quantitative estimate of drug-likeness (QED) is 0.901. The van der Waals surface area contributed by atoms with Crippen LogP contribution in [0.15, 0.2) is 24.5 Å². The molecule has 0 saturated carbocycles. The largest absolute Gasteiger partial charge is 0.416 e. The van der Waals surface area contributed by atoms with E-state index in [1.165, 1.54) is 17.1 Å². The molecule has 1 aliphatic heterocycles. The third-order valence-electron chi connectivity index (χ3n) is 4.07. The second-order valence-corrected chi connectivity index (χ2v) is 5.63. The fraction of sp³-hybridized carbons (Fsp3) is 0.429. The van der Waals surface area contributed by atoms with Crippen molar-refractivity contribution < 1.29 is 18.0 Å². The number of halogens is 3. The van der Waals surface area contributed by atoms with Gasteiger partial charge in [0.2, 0.25) is 5.91 Å². The van der Waals surface area contributed by atoms with E-state index in [4.69, 9.17) is 5.73 Å². The number of tetrazole rings is 1. The van der Waals surface area contributed by atoms with Gasteiger partial charge in [-0.2, -0.15) is 13.2 Å². The average Bonchev–Trinajstić information content (AvgIpc) is 3.17. The Balaban J connectivity index is 1.98. The number of rotatable bonds is 4. The molecule has 24 heavy (non-hydrogen) atoms. The molecule has 10 heteroatoms. The topological polar surface area (TPSA) is 89.9 Å². The number of benzene rings is 1. The predicted octanol–water partition coefficient (Wildman–Crippen LogP) is 1.13. The van der Waals surface area contributed by atoms with Gasteiger partial charge in [0.15, 0.2) is 0 Å². The van der Waals surface area contributed by atoms with Gasteiger partial charge in [-0.1, -0.05) is 0 Å².